The van der Waals surface area contributed by atoms with E-state index in [-0.39, 0.29) is 11.9 Å². The van der Waals surface area contributed by atoms with Crippen LogP contribution in [0.25, 0.3) is 0 Å². The Morgan fingerprint density at radius 3 is 2.93 bits per heavy atom. The van der Waals surface area contributed by atoms with Crippen LogP contribution < -0.4 is 5.73 Å². The summed E-state index contributed by atoms with van der Waals surface area (Å²) in [6.45, 7) is 2.59. The molecule has 1 atom stereocenters. The van der Waals surface area contributed by atoms with Crippen LogP contribution in [0.15, 0.2) is 24.3 Å². The van der Waals surface area contributed by atoms with Gasteiger partial charge in [-0.3, -0.25) is 4.90 Å². The molecule has 1 aromatic rings. The van der Waals surface area contributed by atoms with Gasteiger partial charge in [-0.2, -0.15) is 0 Å². The average molecular weight is 208 g/mol. The van der Waals surface area contributed by atoms with E-state index in [2.05, 4.69) is 4.90 Å². The molecule has 1 saturated heterocycles. The lowest BCUT2D eigenvalue weighted by Gasteiger charge is -2.30. The fourth-order valence-corrected chi connectivity index (χ4v) is 2.10. The van der Waals surface area contributed by atoms with Crippen molar-refractivity contribution in [2.75, 3.05) is 13.1 Å². The lowest BCUT2D eigenvalue weighted by atomic mass is 10.1. The monoisotopic (exact) mass is 208 g/mol. The lowest BCUT2D eigenvalue weighted by Crippen LogP contribution is -2.42. The molecule has 0 amide bonds. The van der Waals surface area contributed by atoms with Crippen LogP contribution in [0.1, 0.15) is 18.4 Å². The van der Waals surface area contributed by atoms with Gasteiger partial charge < -0.3 is 5.73 Å². The number of nitrogens with two attached hydrogens (primary N) is 1. The molecule has 3 heteroatoms. The van der Waals surface area contributed by atoms with E-state index in [4.69, 9.17) is 5.73 Å². The molecule has 1 aliphatic heterocycles. The van der Waals surface area contributed by atoms with Crippen LogP contribution in [0.4, 0.5) is 4.39 Å². The van der Waals surface area contributed by atoms with E-state index in [1.807, 2.05) is 12.1 Å². The van der Waals surface area contributed by atoms with Gasteiger partial charge in [-0.1, -0.05) is 18.2 Å². The average Bonchev–Trinajstić information content (AvgIpc) is 2.22. The molecule has 0 spiro atoms. The lowest BCUT2D eigenvalue weighted by molar-refractivity contribution is 0.199. The highest BCUT2D eigenvalue weighted by atomic mass is 19.1. The first-order valence-electron chi connectivity index (χ1n) is 5.47. The maximum absolute atomic E-state index is 13.4. The first kappa shape index (κ1) is 10.6. The van der Waals surface area contributed by atoms with E-state index in [1.165, 1.54) is 6.07 Å². The van der Waals surface area contributed by atoms with Gasteiger partial charge in [0.15, 0.2) is 0 Å². The highest BCUT2D eigenvalue weighted by Crippen LogP contribution is 2.14. The van der Waals surface area contributed by atoms with Gasteiger partial charge in [0.05, 0.1) is 0 Å². The highest BCUT2D eigenvalue weighted by Gasteiger charge is 2.17. The largest absolute Gasteiger partial charge is 0.327 e. The van der Waals surface area contributed by atoms with E-state index in [0.29, 0.717) is 6.54 Å². The quantitative estimate of drug-likeness (QED) is 0.802. The van der Waals surface area contributed by atoms with Crippen LogP contribution in [0.3, 0.4) is 0 Å². The van der Waals surface area contributed by atoms with E-state index >= 15 is 0 Å². The molecule has 2 rings (SSSR count). The molecule has 0 aromatic heterocycles. The van der Waals surface area contributed by atoms with Crippen LogP contribution in [0, 0.1) is 5.82 Å². The molecule has 82 valence electrons. The Kier molecular flexibility index (Phi) is 3.34. The zero-order valence-electron chi connectivity index (χ0n) is 8.82. The number of benzene rings is 1. The minimum Gasteiger partial charge on any atom is -0.327 e. The Labute approximate surface area is 89.9 Å². The summed E-state index contributed by atoms with van der Waals surface area (Å²) in [4.78, 5) is 2.23. The number of hydrogen-bond acceptors (Lipinski definition) is 2. The predicted molar refractivity (Wildman–Crippen MR) is 58.9 cm³/mol. The van der Waals surface area contributed by atoms with Gasteiger partial charge >= 0.3 is 0 Å². The van der Waals surface area contributed by atoms with Crippen molar-refractivity contribution < 1.29 is 4.39 Å². The zero-order valence-corrected chi connectivity index (χ0v) is 8.82. The van der Waals surface area contributed by atoms with Gasteiger partial charge in [-0.05, 0) is 25.5 Å². The predicted octanol–water partition coefficient (Wildman–Crippen LogP) is 1.75. The molecule has 0 saturated carbocycles. The van der Waals surface area contributed by atoms with E-state index in [1.54, 1.807) is 6.07 Å². The summed E-state index contributed by atoms with van der Waals surface area (Å²) in [5, 5.41) is 0. The van der Waals surface area contributed by atoms with Gasteiger partial charge in [-0.15, -0.1) is 0 Å². The SMILES string of the molecule is N[C@@H]1CCCN(Cc2ccccc2F)C1. The summed E-state index contributed by atoms with van der Waals surface area (Å²) >= 11 is 0. The minimum atomic E-state index is -0.114. The van der Waals surface area contributed by atoms with Gasteiger partial charge in [-0.25, -0.2) is 4.39 Å². The molecule has 0 aliphatic carbocycles. The van der Waals surface area contributed by atoms with Crippen LogP contribution in [0.2, 0.25) is 0 Å². The summed E-state index contributed by atoms with van der Waals surface area (Å²) in [7, 11) is 0. The molecule has 2 nitrogen and oxygen atoms in total. The standard InChI is InChI=1S/C12H17FN2/c13-12-6-2-1-4-10(12)8-15-7-3-5-11(14)9-15/h1-2,4,6,11H,3,5,7-9,14H2/t11-/m1/s1. The zero-order chi connectivity index (χ0) is 10.7. The number of nitrogens with zero attached hydrogens (tertiary/aromatic N) is 1. The second-order valence-electron chi connectivity index (χ2n) is 4.23. The Hall–Kier alpha value is -0.930. The molecule has 2 N–H and O–H groups in total. The first-order chi connectivity index (χ1) is 7.25. The number of likely N-dealkylation sites (tertiary alicyclic amines) is 1. The van der Waals surface area contributed by atoms with Crippen molar-refractivity contribution in [1.29, 1.82) is 0 Å². The van der Waals surface area contributed by atoms with Crippen molar-refractivity contribution in [1.82, 2.24) is 4.90 Å². The number of hydrogen-bond donors (Lipinski definition) is 1. The summed E-state index contributed by atoms with van der Waals surface area (Å²) in [6, 6.07) is 7.21. The Morgan fingerprint density at radius 1 is 1.40 bits per heavy atom. The van der Waals surface area contributed by atoms with Crippen molar-refractivity contribution in [2.24, 2.45) is 5.73 Å². The van der Waals surface area contributed by atoms with Crippen LogP contribution in [0.5, 0.6) is 0 Å². The molecule has 0 bridgehead atoms. The Bertz CT molecular complexity index is 327. The Balaban J connectivity index is 1.99. The Morgan fingerprint density at radius 2 is 2.20 bits per heavy atom. The summed E-state index contributed by atoms with van der Waals surface area (Å²) in [5.41, 5.74) is 6.65. The molecular formula is C12H17FN2. The fourth-order valence-electron chi connectivity index (χ4n) is 2.10. The summed E-state index contributed by atoms with van der Waals surface area (Å²) in [5.74, 6) is -0.114. The fraction of sp³-hybridized carbons (Fsp3) is 0.500. The first-order valence-corrected chi connectivity index (χ1v) is 5.47. The number of halogens is 1. The normalized spacial score (nSPS) is 22.9. The molecule has 1 aromatic carbocycles. The van der Waals surface area contributed by atoms with Gasteiger partial charge in [0.25, 0.3) is 0 Å². The van der Waals surface area contributed by atoms with Crippen molar-refractivity contribution in [3.8, 4) is 0 Å². The van der Waals surface area contributed by atoms with Crippen LogP contribution in [-0.2, 0) is 6.54 Å². The maximum Gasteiger partial charge on any atom is 0.127 e. The summed E-state index contributed by atoms with van der Waals surface area (Å²) in [6.07, 6.45) is 2.21. The smallest absolute Gasteiger partial charge is 0.127 e. The van der Waals surface area contributed by atoms with E-state index < -0.39 is 0 Å². The molecule has 1 heterocycles. The third kappa shape index (κ3) is 2.76. The van der Waals surface area contributed by atoms with Crippen LogP contribution in [-0.4, -0.2) is 24.0 Å². The molecule has 0 unspecified atom stereocenters. The van der Waals surface area contributed by atoms with Gasteiger partial charge in [0.1, 0.15) is 5.82 Å². The van der Waals surface area contributed by atoms with E-state index in [9.17, 15) is 4.39 Å². The molecule has 0 radical (unpaired) electrons. The number of rotatable bonds is 2. The van der Waals surface area contributed by atoms with Crippen molar-refractivity contribution in [2.45, 2.75) is 25.4 Å². The summed E-state index contributed by atoms with van der Waals surface area (Å²) < 4.78 is 13.4. The van der Waals surface area contributed by atoms with Crippen molar-refractivity contribution in [3.05, 3.63) is 35.6 Å². The molecule has 1 fully saturated rings. The second-order valence-corrected chi connectivity index (χ2v) is 4.23. The van der Waals surface area contributed by atoms with Crippen LogP contribution >= 0.6 is 0 Å². The van der Waals surface area contributed by atoms with Gasteiger partial charge in [0, 0.05) is 24.7 Å². The van der Waals surface area contributed by atoms with Crippen molar-refractivity contribution >= 4 is 0 Å². The third-order valence-electron chi connectivity index (χ3n) is 2.89. The number of piperidine rings is 1. The van der Waals surface area contributed by atoms with E-state index in [0.717, 1.165) is 31.5 Å². The highest BCUT2D eigenvalue weighted by molar-refractivity contribution is 5.17. The maximum atomic E-state index is 13.4. The van der Waals surface area contributed by atoms with Gasteiger partial charge in [0.2, 0.25) is 0 Å². The topological polar surface area (TPSA) is 29.3 Å². The van der Waals surface area contributed by atoms with Crippen molar-refractivity contribution in [3.63, 3.8) is 0 Å². The molecular weight excluding hydrogens is 191 g/mol. The molecule has 1 aliphatic rings. The second kappa shape index (κ2) is 4.73. The minimum absolute atomic E-state index is 0.114. The third-order valence-corrected chi connectivity index (χ3v) is 2.89. The molecule has 15 heavy (non-hydrogen) atoms.